The fourth-order valence-corrected chi connectivity index (χ4v) is 1.53. The summed E-state index contributed by atoms with van der Waals surface area (Å²) < 4.78 is 3.86. The lowest BCUT2D eigenvalue weighted by molar-refractivity contribution is 0.791. The molecule has 0 aromatic carbocycles. The molecule has 0 radical (unpaired) electrons. The van der Waals surface area contributed by atoms with Crippen LogP contribution >= 0.6 is 0 Å². The predicted octanol–water partition coefficient (Wildman–Crippen LogP) is -0.466. The molecule has 0 amide bonds. The Hall–Kier alpha value is -2.11. The molecule has 15 heavy (non-hydrogen) atoms. The Kier molecular flexibility index (Phi) is 1.85. The largest absolute Gasteiger partial charge is 0.329 e. The Labute approximate surface area is 84.7 Å². The van der Waals surface area contributed by atoms with Crippen LogP contribution in [0.2, 0.25) is 0 Å². The fraction of sp³-hybridized carbons (Fsp3) is 0.222. The zero-order valence-electron chi connectivity index (χ0n) is 8.47. The van der Waals surface area contributed by atoms with Crippen molar-refractivity contribution in [2.75, 3.05) is 0 Å². The van der Waals surface area contributed by atoms with Gasteiger partial charge in [0.25, 0.3) is 5.56 Å². The van der Waals surface area contributed by atoms with Gasteiger partial charge in [0, 0.05) is 20.3 Å². The van der Waals surface area contributed by atoms with E-state index in [1.54, 1.807) is 14.1 Å². The maximum atomic E-state index is 11.8. The summed E-state index contributed by atoms with van der Waals surface area (Å²) in [6.45, 7) is 3.49. The number of nitrogens with zero attached hydrogens (tertiary/aromatic N) is 4. The third-order valence-corrected chi connectivity index (χ3v) is 2.38. The molecule has 2 rings (SSSR count). The van der Waals surface area contributed by atoms with Gasteiger partial charge in [-0.15, -0.1) is 0 Å². The van der Waals surface area contributed by atoms with Crippen molar-refractivity contribution in [3.8, 4) is 0 Å². The highest BCUT2D eigenvalue weighted by Gasteiger charge is 2.12. The minimum absolute atomic E-state index is 0.267. The van der Waals surface area contributed by atoms with Gasteiger partial charge in [-0.2, -0.15) is 0 Å². The summed E-state index contributed by atoms with van der Waals surface area (Å²) in [6, 6.07) is 0. The molecule has 78 valence electrons. The minimum Gasteiger partial charge on any atom is -0.289 e. The Morgan fingerprint density at radius 1 is 1.33 bits per heavy atom. The molecular formula is C9H10N4O2. The van der Waals surface area contributed by atoms with Crippen LogP contribution in [0, 0.1) is 0 Å². The molecule has 2 aromatic rings. The molecule has 0 atom stereocenters. The van der Waals surface area contributed by atoms with Crippen molar-refractivity contribution in [3.05, 3.63) is 33.7 Å². The second kappa shape index (κ2) is 2.94. The van der Waals surface area contributed by atoms with Crippen LogP contribution in [0.15, 0.2) is 22.5 Å². The van der Waals surface area contributed by atoms with Crippen molar-refractivity contribution in [2.45, 2.75) is 0 Å². The lowest BCUT2D eigenvalue weighted by Crippen LogP contribution is -2.22. The first kappa shape index (κ1) is 9.45. The standard InChI is InChI=1S/C9H10N4O2/c1-4-13-5-10-7-6(8(13)14)11(2)9(15)12(7)3/h4-5H,1H2,2-3H3. The van der Waals surface area contributed by atoms with Gasteiger partial charge in [-0.3, -0.25) is 18.5 Å². The molecule has 2 aromatic heterocycles. The van der Waals surface area contributed by atoms with Gasteiger partial charge >= 0.3 is 5.69 Å². The lowest BCUT2D eigenvalue weighted by Gasteiger charge is -1.97. The van der Waals surface area contributed by atoms with E-state index in [4.69, 9.17) is 0 Å². The molecule has 2 heterocycles. The van der Waals surface area contributed by atoms with Gasteiger partial charge in [0.1, 0.15) is 6.33 Å². The molecule has 0 bridgehead atoms. The summed E-state index contributed by atoms with van der Waals surface area (Å²) in [5.41, 5.74) is 0.0992. The van der Waals surface area contributed by atoms with Gasteiger partial charge in [0.15, 0.2) is 11.2 Å². The molecular weight excluding hydrogens is 196 g/mol. The summed E-state index contributed by atoms with van der Waals surface area (Å²) >= 11 is 0. The summed E-state index contributed by atoms with van der Waals surface area (Å²) in [5.74, 6) is 0. The Balaban J connectivity index is 3.14. The van der Waals surface area contributed by atoms with Crippen LogP contribution in [0.3, 0.4) is 0 Å². The van der Waals surface area contributed by atoms with Crippen LogP contribution in [0.4, 0.5) is 0 Å². The van der Waals surface area contributed by atoms with Crippen LogP contribution in [-0.4, -0.2) is 18.7 Å². The Morgan fingerprint density at radius 2 is 2.00 bits per heavy atom. The quantitative estimate of drug-likeness (QED) is 0.634. The SMILES string of the molecule is C=Cn1cnc2c(c1=O)n(C)c(=O)n2C. The smallest absolute Gasteiger partial charge is 0.289 e. The second-order valence-electron chi connectivity index (χ2n) is 3.21. The maximum Gasteiger partial charge on any atom is 0.329 e. The van der Waals surface area contributed by atoms with E-state index in [2.05, 4.69) is 11.6 Å². The summed E-state index contributed by atoms with van der Waals surface area (Å²) in [4.78, 5) is 27.4. The van der Waals surface area contributed by atoms with Gasteiger partial charge in [0.05, 0.1) is 0 Å². The van der Waals surface area contributed by atoms with Crippen molar-refractivity contribution in [3.63, 3.8) is 0 Å². The zero-order valence-corrected chi connectivity index (χ0v) is 8.47. The fourth-order valence-electron chi connectivity index (χ4n) is 1.53. The van der Waals surface area contributed by atoms with E-state index in [0.717, 1.165) is 0 Å². The predicted molar refractivity (Wildman–Crippen MR) is 56.6 cm³/mol. The van der Waals surface area contributed by atoms with E-state index >= 15 is 0 Å². The van der Waals surface area contributed by atoms with Crippen molar-refractivity contribution in [2.24, 2.45) is 14.1 Å². The molecule has 0 saturated carbocycles. The first-order chi connectivity index (χ1) is 7.07. The minimum atomic E-state index is -0.296. The first-order valence-electron chi connectivity index (χ1n) is 4.33. The molecule has 6 nitrogen and oxygen atoms in total. The summed E-state index contributed by atoms with van der Waals surface area (Å²) in [5, 5.41) is 0. The second-order valence-corrected chi connectivity index (χ2v) is 3.21. The Morgan fingerprint density at radius 3 is 2.60 bits per heavy atom. The van der Waals surface area contributed by atoms with Gasteiger partial charge < -0.3 is 0 Å². The van der Waals surface area contributed by atoms with Crippen LogP contribution in [0.5, 0.6) is 0 Å². The number of fused-ring (bicyclic) bond motifs is 1. The average Bonchev–Trinajstić information content (AvgIpc) is 2.45. The zero-order chi connectivity index (χ0) is 11.2. The number of rotatable bonds is 1. The molecule has 0 aliphatic heterocycles. The molecule has 0 spiro atoms. The van der Waals surface area contributed by atoms with Gasteiger partial charge in [-0.1, -0.05) is 6.58 Å². The van der Waals surface area contributed by atoms with Crippen molar-refractivity contribution in [1.29, 1.82) is 0 Å². The summed E-state index contributed by atoms with van der Waals surface area (Å²) in [7, 11) is 3.12. The third kappa shape index (κ3) is 1.08. The van der Waals surface area contributed by atoms with Crippen molar-refractivity contribution >= 4 is 17.4 Å². The van der Waals surface area contributed by atoms with Gasteiger partial charge in [-0.05, 0) is 0 Å². The number of aryl methyl sites for hydroxylation is 2. The van der Waals surface area contributed by atoms with Crippen LogP contribution in [0.25, 0.3) is 17.4 Å². The maximum absolute atomic E-state index is 11.8. The van der Waals surface area contributed by atoms with E-state index < -0.39 is 0 Å². The number of imidazole rings is 1. The van der Waals surface area contributed by atoms with E-state index in [1.165, 1.54) is 26.2 Å². The average molecular weight is 206 g/mol. The van der Waals surface area contributed by atoms with Crippen molar-refractivity contribution in [1.82, 2.24) is 18.7 Å². The van der Waals surface area contributed by atoms with Crippen molar-refractivity contribution < 1.29 is 0 Å². The number of hydrogen-bond acceptors (Lipinski definition) is 3. The molecule has 0 aliphatic carbocycles. The summed E-state index contributed by atoms with van der Waals surface area (Å²) in [6.07, 6.45) is 2.70. The molecule has 6 heteroatoms. The molecule has 0 fully saturated rings. The van der Waals surface area contributed by atoms with E-state index in [0.29, 0.717) is 5.65 Å². The van der Waals surface area contributed by atoms with E-state index in [-0.39, 0.29) is 16.8 Å². The normalized spacial score (nSPS) is 10.8. The Bertz CT molecular complexity index is 659. The molecule has 0 saturated heterocycles. The van der Waals surface area contributed by atoms with Gasteiger partial charge in [0.2, 0.25) is 0 Å². The third-order valence-electron chi connectivity index (χ3n) is 2.38. The topological polar surface area (TPSA) is 61.8 Å². The number of hydrogen-bond donors (Lipinski definition) is 0. The molecule has 0 N–H and O–H groups in total. The number of aromatic nitrogens is 4. The highest BCUT2D eigenvalue weighted by Crippen LogP contribution is 2.01. The van der Waals surface area contributed by atoms with Gasteiger partial charge in [-0.25, -0.2) is 9.78 Å². The highest BCUT2D eigenvalue weighted by atomic mass is 16.2. The molecule has 0 unspecified atom stereocenters. The van der Waals surface area contributed by atoms with Crippen LogP contribution in [0.1, 0.15) is 0 Å². The monoisotopic (exact) mass is 206 g/mol. The van der Waals surface area contributed by atoms with Crippen LogP contribution in [-0.2, 0) is 14.1 Å². The van der Waals surface area contributed by atoms with Crippen LogP contribution < -0.4 is 11.2 Å². The lowest BCUT2D eigenvalue weighted by atomic mass is 10.5. The first-order valence-corrected chi connectivity index (χ1v) is 4.33. The highest BCUT2D eigenvalue weighted by molar-refractivity contribution is 5.70. The van der Waals surface area contributed by atoms with E-state index in [1.807, 2.05) is 0 Å². The van der Waals surface area contributed by atoms with E-state index in [9.17, 15) is 9.59 Å². The molecule has 0 aliphatic rings.